The van der Waals surface area contributed by atoms with Crippen LogP contribution in [0.3, 0.4) is 0 Å². The number of aliphatic hydroxyl groups excluding tert-OH is 3. The first kappa shape index (κ1) is 42.7. The number of carbonyl (C=O) groups is 6. The summed E-state index contributed by atoms with van der Waals surface area (Å²) >= 11 is 0. The summed E-state index contributed by atoms with van der Waals surface area (Å²) < 4.78 is 0. The van der Waals surface area contributed by atoms with Crippen LogP contribution in [0.15, 0.2) is 0 Å². The molecule has 0 radical (unpaired) electrons. The van der Waals surface area contributed by atoms with Gasteiger partial charge < -0.3 is 47.0 Å². The predicted molar refractivity (Wildman–Crippen MR) is 170 cm³/mol. The molecule has 46 heavy (non-hydrogen) atoms. The third-order valence-electron chi connectivity index (χ3n) is 7.38. The molecule has 0 aromatic heterocycles. The number of aliphatic hydroxyl groups is 3. The highest BCUT2D eigenvalue weighted by molar-refractivity contribution is 5.92. The Hall–Kier alpha value is -3.30. The maximum Gasteiger partial charge on any atom is 0.306 e. The van der Waals surface area contributed by atoms with Gasteiger partial charge in [-0.05, 0) is 43.4 Å². The Kier molecular flexibility index (Phi) is 19.3. The first-order valence-corrected chi connectivity index (χ1v) is 15.9. The lowest BCUT2D eigenvalue weighted by molar-refractivity contribution is -0.140. The molecule has 0 aromatic rings. The van der Waals surface area contributed by atoms with Crippen LogP contribution < -0.4 is 26.6 Å². The van der Waals surface area contributed by atoms with E-state index in [2.05, 4.69) is 26.6 Å². The summed E-state index contributed by atoms with van der Waals surface area (Å²) in [5.74, 6) is -5.12. The molecular formula is C31H57N5O10. The highest BCUT2D eigenvalue weighted by atomic mass is 16.4. The Balaban J connectivity index is 5.57. The van der Waals surface area contributed by atoms with E-state index in [0.717, 1.165) is 0 Å². The quantitative estimate of drug-likeness (QED) is 0.0758. The number of rotatable bonds is 21. The van der Waals surface area contributed by atoms with E-state index in [1.807, 2.05) is 13.8 Å². The molecule has 0 aliphatic carbocycles. The van der Waals surface area contributed by atoms with E-state index in [1.165, 1.54) is 13.8 Å². The van der Waals surface area contributed by atoms with Crippen molar-refractivity contribution in [2.45, 2.75) is 130 Å². The number of carboxylic acid groups (broad SMARTS) is 1. The molecule has 0 bridgehead atoms. The van der Waals surface area contributed by atoms with Crippen molar-refractivity contribution in [3.8, 4) is 0 Å². The minimum Gasteiger partial charge on any atom is -0.481 e. The maximum absolute atomic E-state index is 13.4. The number of hydrogen-bond donors (Lipinski definition) is 9. The van der Waals surface area contributed by atoms with Crippen LogP contribution in [0.1, 0.15) is 88.0 Å². The lowest BCUT2D eigenvalue weighted by Gasteiger charge is -2.31. The normalized spacial score (nSPS) is 16.8. The van der Waals surface area contributed by atoms with Crippen LogP contribution in [0.5, 0.6) is 0 Å². The Morgan fingerprint density at radius 1 is 0.609 bits per heavy atom. The SMILES string of the molecule is CC(=O)N[C@H](C(=O)N[C@H](C(=O)N[C@H](CC(C)C)[C@H](O)CC(=O)N[C@H](C)C(=O)N[C@H](C[C@@H](C)CO)[C@H](O)CC(=O)O)C(C)C)C(C)C. The third-order valence-corrected chi connectivity index (χ3v) is 7.38. The van der Waals surface area contributed by atoms with E-state index in [9.17, 15) is 44.1 Å². The van der Waals surface area contributed by atoms with Crippen molar-refractivity contribution >= 4 is 35.5 Å². The monoisotopic (exact) mass is 659 g/mol. The number of nitrogens with one attached hydrogen (secondary N) is 5. The number of aliphatic carboxylic acids is 1. The van der Waals surface area contributed by atoms with Gasteiger partial charge >= 0.3 is 5.97 Å². The van der Waals surface area contributed by atoms with Gasteiger partial charge in [0.15, 0.2) is 0 Å². The summed E-state index contributed by atoms with van der Waals surface area (Å²) in [5.41, 5.74) is 0. The highest BCUT2D eigenvalue weighted by Crippen LogP contribution is 2.15. The maximum atomic E-state index is 13.4. The van der Waals surface area contributed by atoms with E-state index in [1.54, 1.807) is 34.6 Å². The molecule has 0 spiro atoms. The van der Waals surface area contributed by atoms with E-state index in [0.29, 0.717) is 6.42 Å². The Morgan fingerprint density at radius 3 is 1.52 bits per heavy atom. The van der Waals surface area contributed by atoms with Gasteiger partial charge in [0.2, 0.25) is 29.5 Å². The topological polar surface area (TPSA) is 243 Å². The minimum absolute atomic E-state index is 0.000340. The zero-order valence-electron chi connectivity index (χ0n) is 28.6. The standard InChI is InChI=1S/C31H57N5O10/c1-15(2)10-21(35-30(45)28(17(5)6)36-31(46)27(16(3)4)33-20(9)38)23(39)12-25(41)32-19(8)29(44)34-22(11-18(7)14-37)24(40)13-26(42)43/h15-19,21-24,27-28,37,39-40H,10-14H2,1-9H3,(H,32,41)(H,33,38)(H,34,44)(H,35,45)(H,36,46)(H,42,43)/t18-,19-,21-,22-,23-,24-,27+,28+/m1/s1. The van der Waals surface area contributed by atoms with Gasteiger partial charge in [-0.25, -0.2) is 0 Å². The first-order valence-electron chi connectivity index (χ1n) is 15.9. The van der Waals surface area contributed by atoms with E-state index in [4.69, 9.17) is 5.11 Å². The summed E-state index contributed by atoms with van der Waals surface area (Å²) in [7, 11) is 0. The summed E-state index contributed by atoms with van der Waals surface area (Å²) in [4.78, 5) is 74.6. The van der Waals surface area contributed by atoms with Crippen molar-refractivity contribution in [2.24, 2.45) is 23.7 Å². The molecule has 0 aliphatic rings. The molecule has 0 unspecified atom stereocenters. The fraction of sp³-hybridized carbons (Fsp3) is 0.806. The summed E-state index contributed by atoms with van der Waals surface area (Å²) in [5, 5.41) is 52.7. The van der Waals surface area contributed by atoms with Crippen molar-refractivity contribution in [1.29, 1.82) is 0 Å². The molecule has 0 rings (SSSR count). The van der Waals surface area contributed by atoms with Crippen LogP contribution in [-0.4, -0.2) is 105 Å². The van der Waals surface area contributed by atoms with E-state index in [-0.39, 0.29) is 36.7 Å². The van der Waals surface area contributed by atoms with Gasteiger partial charge in [-0.2, -0.15) is 0 Å². The van der Waals surface area contributed by atoms with E-state index >= 15 is 0 Å². The molecule has 266 valence electrons. The van der Waals surface area contributed by atoms with Crippen molar-refractivity contribution in [3.63, 3.8) is 0 Å². The number of carboxylic acids is 1. The zero-order chi connectivity index (χ0) is 35.9. The smallest absolute Gasteiger partial charge is 0.306 e. The molecule has 0 saturated carbocycles. The Morgan fingerprint density at radius 2 is 1.07 bits per heavy atom. The average molecular weight is 660 g/mol. The molecule has 0 fully saturated rings. The van der Waals surface area contributed by atoms with Gasteiger partial charge in [-0.15, -0.1) is 0 Å². The molecule has 9 N–H and O–H groups in total. The van der Waals surface area contributed by atoms with Crippen LogP contribution >= 0.6 is 0 Å². The minimum atomic E-state index is -1.43. The van der Waals surface area contributed by atoms with Crippen LogP contribution in [0.2, 0.25) is 0 Å². The number of carbonyl (C=O) groups excluding carboxylic acids is 5. The van der Waals surface area contributed by atoms with Crippen molar-refractivity contribution < 1.29 is 49.2 Å². The van der Waals surface area contributed by atoms with Gasteiger partial charge in [0.05, 0.1) is 37.1 Å². The average Bonchev–Trinajstić information content (AvgIpc) is 2.92. The lowest BCUT2D eigenvalue weighted by atomic mass is 9.95. The van der Waals surface area contributed by atoms with Crippen molar-refractivity contribution in [1.82, 2.24) is 26.6 Å². The van der Waals surface area contributed by atoms with Gasteiger partial charge in [0.25, 0.3) is 0 Å². The zero-order valence-corrected chi connectivity index (χ0v) is 28.6. The lowest BCUT2D eigenvalue weighted by Crippen LogP contribution is -2.59. The van der Waals surface area contributed by atoms with Crippen LogP contribution in [0.25, 0.3) is 0 Å². The Labute approximate surface area is 272 Å². The predicted octanol–water partition coefficient (Wildman–Crippen LogP) is -0.587. The molecule has 5 amide bonds. The van der Waals surface area contributed by atoms with E-state index < -0.39 is 90.8 Å². The largest absolute Gasteiger partial charge is 0.481 e. The highest BCUT2D eigenvalue weighted by Gasteiger charge is 2.33. The van der Waals surface area contributed by atoms with Crippen LogP contribution in [0.4, 0.5) is 0 Å². The second-order valence-electron chi connectivity index (χ2n) is 13.3. The summed E-state index contributed by atoms with van der Waals surface area (Å²) in [6, 6.07) is -4.86. The molecule has 0 heterocycles. The number of amides is 5. The second kappa shape index (κ2) is 20.7. The fourth-order valence-corrected chi connectivity index (χ4v) is 4.77. The molecule has 8 atom stereocenters. The number of hydrogen-bond acceptors (Lipinski definition) is 9. The second-order valence-corrected chi connectivity index (χ2v) is 13.3. The first-order chi connectivity index (χ1) is 21.2. The van der Waals surface area contributed by atoms with Crippen molar-refractivity contribution in [2.75, 3.05) is 6.61 Å². The van der Waals surface area contributed by atoms with Gasteiger partial charge in [0.1, 0.15) is 18.1 Å². The van der Waals surface area contributed by atoms with Crippen molar-refractivity contribution in [3.05, 3.63) is 0 Å². The molecular weight excluding hydrogens is 602 g/mol. The van der Waals surface area contributed by atoms with Gasteiger partial charge in [-0.1, -0.05) is 48.5 Å². The molecule has 15 heteroatoms. The van der Waals surface area contributed by atoms with Crippen LogP contribution in [0, 0.1) is 23.7 Å². The summed E-state index contributed by atoms with van der Waals surface area (Å²) in [6.07, 6.45) is -3.51. The summed E-state index contributed by atoms with van der Waals surface area (Å²) in [6.45, 7) is 14.8. The molecule has 15 nitrogen and oxygen atoms in total. The van der Waals surface area contributed by atoms with Crippen LogP contribution in [-0.2, 0) is 28.8 Å². The molecule has 0 aromatic carbocycles. The third kappa shape index (κ3) is 16.3. The molecule has 0 aliphatic heterocycles. The van der Waals surface area contributed by atoms with Gasteiger partial charge in [0, 0.05) is 13.5 Å². The van der Waals surface area contributed by atoms with Gasteiger partial charge in [-0.3, -0.25) is 28.8 Å². The molecule has 0 saturated heterocycles. The fourth-order valence-electron chi connectivity index (χ4n) is 4.77. The Bertz CT molecular complexity index is 1020.